The van der Waals surface area contributed by atoms with Crippen LogP contribution in [0.5, 0.6) is 0 Å². The molecule has 1 N–H and O–H groups in total. The number of carbonyl (C=O) groups excluding carboxylic acids is 1. The number of hydrogen-bond donors (Lipinski definition) is 1. The van der Waals surface area contributed by atoms with Crippen molar-refractivity contribution in [3.05, 3.63) is 63.9 Å². The van der Waals surface area contributed by atoms with E-state index in [4.69, 9.17) is 23.2 Å². The molecule has 0 saturated heterocycles. The lowest BCUT2D eigenvalue weighted by atomic mass is 10.2. The van der Waals surface area contributed by atoms with E-state index in [2.05, 4.69) is 5.32 Å². The summed E-state index contributed by atoms with van der Waals surface area (Å²) in [5.74, 6) is -1.20. The first kappa shape index (κ1) is 12.9. The molecule has 2 nitrogen and oxygen atoms in total. The number of halogens is 3. The Labute approximate surface area is 113 Å². The first-order chi connectivity index (χ1) is 8.56. The van der Waals surface area contributed by atoms with Crippen molar-refractivity contribution >= 4 is 34.8 Å². The van der Waals surface area contributed by atoms with Crippen LogP contribution in [0.25, 0.3) is 0 Å². The van der Waals surface area contributed by atoms with Gasteiger partial charge in [-0.15, -0.1) is 0 Å². The third-order valence-electron chi connectivity index (χ3n) is 2.26. The Balaban J connectivity index is 2.24. The van der Waals surface area contributed by atoms with Crippen molar-refractivity contribution in [2.24, 2.45) is 0 Å². The molecule has 2 aromatic carbocycles. The molecule has 92 valence electrons. The second-order valence-corrected chi connectivity index (χ2v) is 4.46. The zero-order valence-corrected chi connectivity index (χ0v) is 10.6. The number of amides is 1. The molecule has 0 unspecified atom stereocenters. The molecule has 1 amide bonds. The summed E-state index contributed by atoms with van der Waals surface area (Å²) < 4.78 is 13.5. The SMILES string of the molecule is O=C(Nc1cccc(Cl)c1)c1cc(Cl)ccc1F. The van der Waals surface area contributed by atoms with Crippen molar-refractivity contribution in [3.63, 3.8) is 0 Å². The second-order valence-electron chi connectivity index (χ2n) is 3.59. The molecule has 18 heavy (non-hydrogen) atoms. The number of nitrogens with one attached hydrogen (secondary N) is 1. The number of rotatable bonds is 2. The maximum absolute atomic E-state index is 13.5. The standard InChI is InChI=1S/C13H8Cl2FNO/c14-8-2-1-3-10(6-8)17-13(18)11-7-9(15)4-5-12(11)16/h1-7H,(H,17,18). The van der Waals surface area contributed by atoms with Gasteiger partial charge in [0.2, 0.25) is 0 Å². The minimum absolute atomic E-state index is 0.109. The van der Waals surface area contributed by atoms with E-state index in [-0.39, 0.29) is 5.56 Å². The van der Waals surface area contributed by atoms with E-state index in [1.54, 1.807) is 24.3 Å². The summed E-state index contributed by atoms with van der Waals surface area (Å²) in [4.78, 5) is 11.8. The monoisotopic (exact) mass is 283 g/mol. The summed E-state index contributed by atoms with van der Waals surface area (Å²) in [7, 11) is 0. The van der Waals surface area contributed by atoms with Crippen molar-refractivity contribution in [1.29, 1.82) is 0 Å². The van der Waals surface area contributed by atoms with Gasteiger partial charge in [0.15, 0.2) is 0 Å². The Kier molecular flexibility index (Phi) is 3.84. The molecule has 0 saturated carbocycles. The van der Waals surface area contributed by atoms with Gasteiger partial charge < -0.3 is 5.32 Å². The Bertz CT molecular complexity index is 601. The Morgan fingerprint density at radius 1 is 1.06 bits per heavy atom. The van der Waals surface area contributed by atoms with Gasteiger partial charge in [-0.25, -0.2) is 4.39 Å². The summed E-state index contributed by atoms with van der Waals surface area (Å²) in [5, 5.41) is 3.33. The van der Waals surface area contributed by atoms with Crippen molar-refractivity contribution in [2.75, 3.05) is 5.32 Å². The summed E-state index contributed by atoms with van der Waals surface area (Å²) in [5.41, 5.74) is 0.384. The van der Waals surface area contributed by atoms with E-state index < -0.39 is 11.7 Å². The van der Waals surface area contributed by atoms with Crippen molar-refractivity contribution in [1.82, 2.24) is 0 Å². The summed E-state index contributed by atoms with van der Waals surface area (Å²) in [6.45, 7) is 0. The van der Waals surface area contributed by atoms with Crippen molar-refractivity contribution in [2.45, 2.75) is 0 Å². The smallest absolute Gasteiger partial charge is 0.258 e. The summed E-state index contributed by atoms with van der Waals surface area (Å²) >= 11 is 11.5. The predicted octanol–water partition coefficient (Wildman–Crippen LogP) is 4.38. The fourth-order valence-electron chi connectivity index (χ4n) is 1.44. The van der Waals surface area contributed by atoms with Crippen LogP contribution < -0.4 is 5.32 Å². The van der Waals surface area contributed by atoms with Gasteiger partial charge in [0.25, 0.3) is 5.91 Å². The van der Waals surface area contributed by atoms with Gasteiger partial charge in [-0.1, -0.05) is 29.3 Å². The van der Waals surface area contributed by atoms with Crippen LogP contribution in [0.15, 0.2) is 42.5 Å². The van der Waals surface area contributed by atoms with Crippen LogP contribution in [0.2, 0.25) is 10.0 Å². The highest BCUT2D eigenvalue weighted by Crippen LogP contribution is 2.18. The zero-order chi connectivity index (χ0) is 13.1. The minimum Gasteiger partial charge on any atom is -0.322 e. The van der Waals surface area contributed by atoms with E-state index in [1.165, 1.54) is 12.1 Å². The Hall–Kier alpha value is -1.58. The highest BCUT2D eigenvalue weighted by Gasteiger charge is 2.12. The molecule has 0 aromatic heterocycles. The number of anilines is 1. The van der Waals surface area contributed by atoms with E-state index in [1.807, 2.05) is 0 Å². The maximum Gasteiger partial charge on any atom is 0.258 e. The van der Waals surface area contributed by atoms with Gasteiger partial charge in [0, 0.05) is 15.7 Å². The van der Waals surface area contributed by atoms with Crippen molar-refractivity contribution in [3.8, 4) is 0 Å². The Morgan fingerprint density at radius 3 is 2.50 bits per heavy atom. The number of hydrogen-bond acceptors (Lipinski definition) is 1. The predicted molar refractivity (Wildman–Crippen MR) is 70.8 cm³/mol. The number of benzene rings is 2. The fraction of sp³-hybridized carbons (Fsp3) is 0. The zero-order valence-electron chi connectivity index (χ0n) is 9.08. The van der Waals surface area contributed by atoms with E-state index >= 15 is 0 Å². The van der Waals surface area contributed by atoms with E-state index in [0.717, 1.165) is 6.07 Å². The quantitative estimate of drug-likeness (QED) is 0.870. The van der Waals surface area contributed by atoms with Crippen LogP contribution in [0.4, 0.5) is 10.1 Å². The van der Waals surface area contributed by atoms with E-state index in [0.29, 0.717) is 15.7 Å². The van der Waals surface area contributed by atoms with Gasteiger partial charge >= 0.3 is 0 Å². The fourth-order valence-corrected chi connectivity index (χ4v) is 1.80. The van der Waals surface area contributed by atoms with Crippen LogP contribution >= 0.6 is 23.2 Å². The molecule has 0 fully saturated rings. The Morgan fingerprint density at radius 2 is 1.78 bits per heavy atom. The minimum atomic E-state index is -0.626. The lowest BCUT2D eigenvalue weighted by molar-refractivity contribution is 0.102. The van der Waals surface area contributed by atoms with Gasteiger partial charge in [-0.3, -0.25) is 4.79 Å². The lowest BCUT2D eigenvalue weighted by Gasteiger charge is -2.06. The molecule has 5 heteroatoms. The molecule has 0 atom stereocenters. The average Bonchev–Trinajstić information content (AvgIpc) is 2.32. The normalized spacial score (nSPS) is 10.2. The van der Waals surface area contributed by atoms with Crippen LogP contribution in [0.1, 0.15) is 10.4 Å². The highest BCUT2D eigenvalue weighted by molar-refractivity contribution is 6.31. The molecule has 0 aliphatic heterocycles. The molecule has 0 aliphatic rings. The lowest BCUT2D eigenvalue weighted by Crippen LogP contribution is -2.13. The molecule has 0 radical (unpaired) electrons. The van der Waals surface area contributed by atoms with Gasteiger partial charge in [-0.05, 0) is 36.4 Å². The summed E-state index contributed by atoms with van der Waals surface area (Å²) in [6.07, 6.45) is 0. The first-order valence-electron chi connectivity index (χ1n) is 5.08. The molecule has 0 heterocycles. The van der Waals surface area contributed by atoms with Gasteiger partial charge in [0.05, 0.1) is 5.56 Å². The molecule has 2 rings (SSSR count). The summed E-state index contributed by atoms with van der Waals surface area (Å²) in [6, 6.07) is 10.4. The molecular weight excluding hydrogens is 276 g/mol. The highest BCUT2D eigenvalue weighted by atomic mass is 35.5. The molecular formula is C13H8Cl2FNO. The number of carbonyl (C=O) groups is 1. The van der Waals surface area contributed by atoms with Crippen LogP contribution in [0, 0.1) is 5.82 Å². The second kappa shape index (κ2) is 5.38. The average molecular weight is 284 g/mol. The molecule has 0 bridgehead atoms. The third kappa shape index (κ3) is 3.00. The largest absolute Gasteiger partial charge is 0.322 e. The van der Waals surface area contributed by atoms with Crippen molar-refractivity contribution < 1.29 is 9.18 Å². The maximum atomic E-state index is 13.5. The van der Waals surface area contributed by atoms with Crippen LogP contribution in [-0.4, -0.2) is 5.91 Å². The topological polar surface area (TPSA) is 29.1 Å². The molecule has 0 aliphatic carbocycles. The third-order valence-corrected chi connectivity index (χ3v) is 2.73. The van der Waals surface area contributed by atoms with Crippen LogP contribution in [-0.2, 0) is 0 Å². The van der Waals surface area contributed by atoms with Gasteiger partial charge in [0.1, 0.15) is 5.82 Å². The first-order valence-corrected chi connectivity index (χ1v) is 5.84. The van der Waals surface area contributed by atoms with Crippen LogP contribution in [0.3, 0.4) is 0 Å². The molecule has 2 aromatic rings. The molecule has 0 spiro atoms. The van der Waals surface area contributed by atoms with Gasteiger partial charge in [-0.2, -0.15) is 0 Å². The van der Waals surface area contributed by atoms with E-state index in [9.17, 15) is 9.18 Å².